The summed E-state index contributed by atoms with van der Waals surface area (Å²) in [6.07, 6.45) is 1.58. The predicted molar refractivity (Wildman–Crippen MR) is 103 cm³/mol. The topological polar surface area (TPSA) is 71.3 Å². The van der Waals surface area contributed by atoms with Gasteiger partial charge in [0.2, 0.25) is 5.88 Å². The summed E-state index contributed by atoms with van der Waals surface area (Å²) in [4.78, 5) is 24.7. The molecule has 0 bridgehead atoms. The monoisotopic (exact) mass is 364 g/mol. The van der Waals surface area contributed by atoms with Crippen molar-refractivity contribution in [1.29, 1.82) is 0 Å². The molecular formula is C20H16N2O3S. The molecule has 130 valence electrons. The molecule has 0 unspecified atom stereocenters. The molecule has 5 nitrogen and oxygen atoms in total. The summed E-state index contributed by atoms with van der Waals surface area (Å²) in [5.41, 5.74) is 4.00. The van der Waals surface area contributed by atoms with Crippen LogP contribution >= 0.6 is 11.3 Å². The van der Waals surface area contributed by atoms with Gasteiger partial charge >= 0.3 is 4.87 Å². The van der Waals surface area contributed by atoms with Gasteiger partial charge < -0.3 is 10.4 Å². The Hall–Kier alpha value is -3.12. The molecule has 6 heteroatoms. The zero-order chi connectivity index (χ0) is 18.3. The van der Waals surface area contributed by atoms with Crippen LogP contribution in [0.1, 0.15) is 21.6 Å². The van der Waals surface area contributed by atoms with Gasteiger partial charge in [-0.3, -0.25) is 14.2 Å². The highest BCUT2D eigenvalue weighted by molar-refractivity contribution is 7.10. The fraction of sp³-hybridized carbons (Fsp3) is 0.100. The third-order valence-electron chi connectivity index (χ3n) is 4.34. The van der Waals surface area contributed by atoms with Crippen molar-refractivity contribution in [3.05, 3.63) is 79.8 Å². The number of amides is 1. The maximum atomic E-state index is 12.3. The number of aromatic hydroxyl groups is 1. The molecule has 0 saturated carbocycles. The van der Waals surface area contributed by atoms with Gasteiger partial charge in [-0.05, 0) is 24.6 Å². The normalized spacial score (nSPS) is 14.5. The number of fused-ring (bicyclic) bond motifs is 1. The smallest absolute Gasteiger partial charge is 0.310 e. The van der Waals surface area contributed by atoms with Gasteiger partial charge in [-0.1, -0.05) is 59.4 Å². The lowest BCUT2D eigenvalue weighted by atomic mass is 10.1. The maximum absolute atomic E-state index is 12.3. The highest BCUT2D eigenvalue weighted by Crippen LogP contribution is 2.35. The SMILES string of the molecule is Cc1ccc(Cn2c(O)c(C=C3C(=O)Nc4ccccc43)sc2=O)cc1. The average Bonchev–Trinajstić information content (AvgIpc) is 3.08. The highest BCUT2D eigenvalue weighted by Gasteiger charge is 2.25. The van der Waals surface area contributed by atoms with Gasteiger partial charge in [0.1, 0.15) is 0 Å². The summed E-state index contributed by atoms with van der Waals surface area (Å²) < 4.78 is 1.32. The zero-order valence-electron chi connectivity index (χ0n) is 14.0. The van der Waals surface area contributed by atoms with Gasteiger partial charge in [0, 0.05) is 11.3 Å². The third kappa shape index (κ3) is 2.84. The highest BCUT2D eigenvalue weighted by atomic mass is 32.1. The molecule has 2 N–H and O–H groups in total. The van der Waals surface area contributed by atoms with Gasteiger partial charge in [0.15, 0.2) is 0 Å². The van der Waals surface area contributed by atoms with Crippen molar-refractivity contribution < 1.29 is 9.90 Å². The Morgan fingerprint density at radius 1 is 1.12 bits per heavy atom. The van der Waals surface area contributed by atoms with E-state index in [4.69, 9.17) is 0 Å². The number of hydrogen-bond donors (Lipinski definition) is 2. The number of para-hydroxylation sites is 1. The lowest BCUT2D eigenvalue weighted by Crippen LogP contribution is -2.13. The quantitative estimate of drug-likeness (QED) is 0.699. The van der Waals surface area contributed by atoms with E-state index in [1.165, 1.54) is 4.57 Å². The summed E-state index contributed by atoms with van der Waals surface area (Å²) >= 11 is 0.928. The largest absolute Gasteiger partial charge is 0.493 e. The molecule has 1 aliphatic heterocycles. The molecule has 1 amide bonds. The van der Waals surface area contributed by atoms with Crippen molar-refractivity contribution in [2.75, 3.05) is 5.32 Å². The fourth-order valence-corrected chi connectivity index (χ4v) is 3.76. The molecule has 0 aliphatic carbocycles. The van der Waals surface area contributed by atoms with E-state index < -0.39 is 0 Å². The second-order valence-electron chi connectivity index (χ2n) is 6.19. The van der Waals surface area contributed by atoms with Gasteiger partial charge in [0.25, 0.3) is 5.91 Å². The number of anilines is 1. The Kier molecular flexibility index (Phi) is 3.97. The summed E-state index contributed by atoms with van der Waals surface area (Å²) in [7, 11) is 0. The van der Waals surface area contributed by atoms with Crippen molar-refractivity contribution in [3.8, 4) is 5.88 Å². The van der Waals surface area contributed by atoms with Crippen LogP contribution in [0.25, 0.3) is 11.6 Å². The second kappa shape index (κ2) is 6.31. The summed E-state index contributed by atoms with van der Waals surface area (Å²) in [5, 5.41) is 13.3. The number of aromatic nitrogens is 1. The van der Waals surface area contributed by atoms with E-state index in [1.54, 1.807) is 6.08 Å². The number of hydrogen-bond acceptors (Lipinski definition) is 4. The van der Waals surface area contributed by atoms with Crippen LogP contribution in [0.3, 0.4) is 0 Å². The minimum absolute atomic E-state index is 0.120. The van der Waals surface area contributed by atoms with E-state index in [0.717, 1.165) is 33.7 Å². The Balaban J connectivity index is 1.72. The van der Waals surface area contributed by atoms with Crippen LogP contribution in [0.5, 0.6) is 5.88 Å². The van der Waals surface area contributed by atoms with Crippen molar-refractivity contribution in [1.82, 2.24) is 4.57 Å². The van der Waals surface area contributed by atoms with Crippen LogP contribution in [0.4, 0.5) is 5.69 Å². The van der Waals surface area contributed by atoms with Gasteiger partial charge in [-0.2, -0.15) is 0 Å². The number of aryl methyl sites for hydroxylation is 1. The third-order valence-corrected chi connectivity index (χ3v) is 5.26. The molecule has 0 fully saturated rings. The number of thiazole rings is 1. The minimum atomic E-state index is -0.262. The number of carbonyl (C=O) groups excluding carboxylic acids is 1. The number of benzene rings is 2. The van der Waals surface area contributed by atoms with Crippen LogP contribution in [0.2, 0.25) is 0 Å². The molecule has 4 rings (SSSR count). The Morgan fingerprint density at radius 3 is 2.62 bits per heavy atom. The second-order valence-corrected chi connectivity index (χ2v) is 7.18. The van der Waals surface area contributed by atoms with Crippen molar-refractivity contribution in [3.63, 3.8) is 0 Å². The van der Waals surface area contributed by atoms with Crippen molar-refractivity contribution >= 4 is 34.6 Å². The predicted octanol–water partition coefficient (Wildman–Crippen LogP) is 3.46. The van der Waals surface area contributed by atoms with Crippen LogP contribution in [0.15, 0.2) is 53.3 Å². The number of carbonyl (C=O) groups is 1. The zero-order valence-corrected chi connectivity index (χ0v) is 14.8. The number of rotatable bonds is 3. The average molecular weight is 364 g/mol. The molecule has 0 spiro atoms. The van der Waals surface area contributed by atoms with E-state index in [-0.39, 0.29) is 23.2 Å². The van der Waals surface area contributed by atoms with Crippen molar-refractivity contribution in [2.45, 2.75) is 13.5 Å². The molecular weight excluding hydrogens is 348 g/mol. The first-order valence-electron chi connectivity index (χ1n) is 8.13. The summed E-state index contributed by atoms with van der Waals surface area (Å²) in [6.45, 7) is 2.28. The lowest BCUT2D eigenvalue weighted by Gasteiger charge is -2.04. The van der Waals surface area contributed by atoms with E-state index in [0.29, 0.717) is 10.5 Å². The molecule has 2 aromatic carbocycles. The standard InChI is InChI=1S/C20H16N2O3S/c1-12-6-8-13(9-7-12)11-22-19(24)17(26-20(22)25)10-15-14-4-2-3-5-16(14)21-18(15)23/h2-10,24H,11H2,1H3,(H,21,23). The number of nitrogens with one attached hydrogen (secondary N) is 1. The summed E-state index contributed by atoms with van der Waals surface area (Å²) in [6, 6.07) is 15.1. The van der Waals surface area contributed by atoms with Crippen LogP contribution in [-0.2, 0) is 11.3 Å². The van der Waals surface area contributed by atoms with Gasteiger partial charge in [0.05, 0.1) is 17.0 Å². The van der Waals surface area contributed by atoms with Crippen LogP contribution in [0, 0.1) is 6.92 Å². The van der Waals surface area contributed by atoms with E-state index in [2.05, 4.69) is 5.32 Å². The van der Waals surface area contributed by atoms with Gasteiger partial charge in [-0.15, -0.1) is 0 Å². The Labute approximate surface area is 153 Å². The van der Waals surface area contributed by atoms with E-state index >= 15 is 0 Å². The van der Waals surface area contributed by atoms with E-state index in [9.17, 15) is 14.7 Å². The molecule has 0 radical (unpaired) electrons. The molecule has 0 atom stereocenters. The van der Waals surface area contributed by atoms with Crippen LogP contribution in [-0.4, -0.2) is 15.6 Å². The fourth-order valence-electron chi connectivity index (χ4n) is 2.94. The molecule has 0 saturated heterocycles. The minimum Gasteiger partial charge on any atom is -0.493 e. The first-order valence-corrected chi connectivity index (χ1v) is 8.95. The number of nitrogens with zero attached hydrogens (tertiary/aromatic N) is 1. The van der Waals surface area contributed by atoms with Crippen molar-refractivity contribution in [2.24, 2.45) is 0 Å². The van der Waals surface area contributed by atoms with Gasteiger partial charge in [-0.25, -0.2) is 0 Å². The van der Waals surface area contributed by atoms with E-state index in [1.807, 2.05) is 55.5 Å². The molecule has 26 heavy (non-hydrogen) atoms. The Morgan fingerprint density at radius 2 is 1.85 bits per heavy atom. The lowest BCUT2D eigenvalue weighted by molar-refractivity contribution is -0.110. The molecule has 2 heterocycles. The molecule has 1 aromatic heterocycles. The Bertz CT molecular complexity index is 1090. The first kappa shape index (κ1) is 16.4. The first-order chi connectivity index (χ1) is 12.5. The maximum Gasteiger partial charge on any atom is 0.310 e. The molecule has 1 aliphatic rings. The summed E-state index contributed by atoms with van der Waals surface area (Å²) in [5.74, 6) is -0.359. The van der Waals surface area contributed by atoms with Crippen LogP contribution < -0.4 is 10.2 Å². The molecule has 3 aromatic rings.